The van der Waals surface area contributed by atoms with E-state index in [9.17, 15) is 13.2 Å². The zero-order valence-electron chi connectivity index (χ0n) is 14.3. The summed E-state index contributed by atoms with van der Waals surface area (Å²) in [6.45, 7) is 1.97. The second kappa shape index (κ2) is 5.68. The number of thiazole rings is 1. The van der Waals surface area contributed by atoms with Crippen LogP contribution in [0, 0.1) is 6.92 Å². The summed E-state index contributed by atoms with van der Waals surface area (Å²) >= 11 is 1.29. The van der Waals surface area contributed by atoms with Crippen molar-refractivity contribution in [2.45, 2.75) is 11.8 Å². The number of hydrogen-bond acceptors (Lipinski definition) is 5. The van der Waals surface area contributed by atoms with Crippen LogP contribution < -0.4 is 10.4 Å². The van der Waals surface area contributed by atoms with Gasteiger partial charge >= 0.3 is 5.69 Å². The summed E-state index contributed by atoms with van der Waals surface area (Å²) in [5.74, 6) is 0. The smallest absolute Gasteiger partial charge is 0.295 e. The molecule has 9 heteroatoms. The Balaban J connectivity index is 1.77. The van der Waals surface area contributed by atoms with Gasteiger partial charge in [-0.1, -0.05) is 17.4 Å². The molecule has 0 aliphatic heterocycles. The number of imidazole rings is 1. The first-order valence-electron chi connectivity index (χ1n) is 7.82. The molecule has 2 aromatic heterocycles. The zero-order valence-corrected chi connectivity index (χ0v) is 16.0. The maximum absolute atomic E-state index is 12.8. The molecule has 2 heterocycles. The molecule has 0 fully saturated rings. The van der Waals surface area contributed by atoms with E-state index >= 15 is 0 Å². The molecular weight excluding hydrogens is 372 g/mol. The number of nitrogens with one attached hydrogen (secondary N) is 1. The minimum Gasteiger partial charge on any atom is -0.295 e. The fourth-order valence-corrected chi connectivity index (χ4v) is 5.12. The molecule has 0 aliphatic rings. The predicted molar refractivity (Wildman–Crippen MR) is 103 cm³/mol. The number of fused-ring (bicyclic) bond motifs is 2. The zero-order chi connectivity index (χ0) is 18.6. The van der Waals surface area contributed by atoms with Crippen LogP contribution in [0.25, 0.3) is 21.3 Å². The molecule has 4 aromatic rings. The van der Waals surface area contributed by atoms with Gasteiger partial charge in [-0.3, -0.25) is 13.9 Å². The molecule has 0 radical (unpaired) electrons. The SMILES string of the molecule is Cc1ccc2nc(NS(=O)(=O)c3ccc4c(c3)n(C)c(=O)n4C)sc2c1. The summed E-state index contributed by atoms with van der Waals surface area (Å²) in [6.07, 6.45) is 0. The van der Waals surface area contributed by atoms with Crippen molar-refractivity contribution >= 4 is 47.7 Å². The van der Waals surface area contributed by atoms with Crippen molar-refractivity contribution in [1.29, 1.82) is 0 Å². The number of benzene rings is 2. The molecule has 1 N–H and O–H groups in total. The lowest BCUT2D eigenvalue weighted by atomic mass is 10.2. The van der Waals surface area contributed by atoms with Crippen LogP contribution in [0.15, 0.2) is 46.1 Å². The molecule has 0 amide bonds. The largest absolute Gasteiger partial charge is 0.328 e. The monoisotopic (exact) mass is 388 g/mol. The summed E-state index contributed by atoms with van der Waals surface area (Å²) in [5, 5.41) is 0.313. The van der Waals surface area contributed by atoms with Gasteiger partial charge in [-0.2, -0.15) is 0 Å². The lowest BCUT2D eigenvalue weighted by Gasteiger charge is -2.05. The molecule has 0 bridgehead atoms. The Hall–Kier alpha value is -2.65. The van der Waals surface area contributed by atoms with Crippen molar-refractivity contribution in [3.8, 4) is 0 Å². The van der Waals surface area contributed by atoms with Gasteiger partial charge in [-0.25, -0.2) is 18.2 Å². The molecular formula is C17H16N4O3S2. The molecule has 0 saturated heterocycles. The Bertz CT molecular complexity index is 1330. The van der Waals surface area contributed by atoms with Gasteiger partial charge in [0, 0.05) is 14.1 Å². The van der Waals surface area contributed by atoms with E-state index in [1.54, 1.807) is 20.2 Å². The first-order valence-corrected chi connectivity index (χ1v) is 10.1. The third kappa shape index (κ3) is 2.60. The lowest BCUT2D eigenvalue weighted by Crippen LogP contribution is -2.19. The molecule has 4 rings (SSSR count). The van der Waals surface area contributed by atoms with Gasteiger partial charge in [-0.05, 0) is 42.8 Å². The van der Waals surface area contributed by atoms with Gasteiger partial charge in [-0.15, -0.1) is 0 Å². The molecule has 0 spiro atoms. The molecule has 0 atom stereocenters. The van der Waals surface area contributed by atoms with E-state index in [4.69, 9.17) is 0 Å². The maximum atomic E-state index is 12.8. The van der Waals surface area contributed by atoms with E-state index in [-0.39, 0.29) is 10.6 Å². The van der Waals surface area contributed by atoms with E-state index in [0.29, 0.717) is 16.2 Å². The number of hydrogen-bond donors (Lipinski definition) is 1. The lowest BCUT2D eigenvalue weighted by molar-refractivity contribution is 0.601. The standard InChI is InChI=1S/C17H16N4O3S2/c1-10-4-6-12-15(8-10)25-16(18-12)19-26(23,24)11-5-7-13-14(9-11)21(3)17(22)20(13)2/h4-9H,1-3H3,(H,18,19). The predicted octanol–water partition coefficient (Wildman–Crippen LogP) is 2.60. The molecule has 0 aliphatic carbocycles. The number of aromatic nitrogens is 3. The van der Waals surface area contributed by atoms with Crippen LogP contribution in [-0.2, 0) is 24.1 Å². The van der Waals surface area contributed by atoms with Crippen molar-refractivity contribution in [2.75, 3.05) is 4.72 Å². The Labute approximate surface area is 153 Å². The highest BCUT2D eigenvalue weighted by Gasteiger charge is 2.19. The van der Waals surface area contributed by atoms with Gasteiger partial charge < -0.3 is 0 Å². The Kier molecular flexibility index (Phi) is 3.67. The molecule has 7 nitrogen and oxygen atoms in total. The minimum absolute atomic E-state index is 0.0848. The van der Waals surface area contributed by atoms with Crippen LogP contribution in [0.5, 0.6) is 0 Å². The highest BCUT2D eigenvalue weighted by atomic mass is 32.2. The van der Waals surface area contributed by atoms with Crippen LogP contribution in [0.3, 0.4) is 0 Å². The quantitative estimate of drug-likeness (QED) is 0.584. The number of rotatable bonds is 3. The third-order valence-corrected chi connectivity index (χ3v) is 6.72. The fraction of sp³-hybridized carbons (Fsp3) is 0.176. The fourth-order valence-electron chi connectivity index (χ4n) is 2.90. The van der Waals surface area contributed by atoms with Crippen LogP contribution in [-0.4, -0.2) is 22.5 Å². The molecule has 134 valence electrons. The van der Waals surface area contributed by atoms with E-state index in [1.165, 1.54) is 32.6 Å². The summed E-state index contributed by atoms with van der Waals surface area (Å²) in [5.41, 5.74) is 2.86. The van der Waals surface area contributed by atoms with Crippen molar-refractivity contribution < 1.29 is 8.42 Å². The van der Waals surface area contributed by atoms with Crippen molar-refractivity contribution in [1.82, 2.24) is 14.1 Å². The molecule has 0 saturated carbocycles. The normalized spacial score (nSPS) is 12.1. The highest BCUT2D eigenvalue weighted by Crippen LogP contribution is 2.29. The van der Waals surface area contributed by atoms with Crippen molar-refractivity contribution in [3.05, 3.63) is 52.4 Å². The van der Waals surface area contributed by atoms with Gasteiger partial charge in [0.25, 0.3) is 10.0 Å². The van der Waals surface area contributed by atoms with E-state index < -0.39 is 10.0 Å². The molecule has 0 unspecified atom stereocenters. The van der Waals surface area contributed by atoms with Crippen molar-refractivity contribution in [2.24, 2.45) is 14.1 Å². The third-order valence-electron chi connectivity index (χ3n) is 4.32. The Morgan fingerprint density at radius 1 is 1.04 bits per heavy atom. The van der Waals surface area contributed by atoms with E-state index in [1.807, 2.05) is 25.1 Å². The highest BCUT2D eigenvalue weighted by molar-refractivity contribution is 7.93. The van der Waals surface area contributed by atoms with Gasteiger partial charge in [0.2, 0.25) is 0 Å². The number of anilines is 1. The summed E-state index contributed by atoms with van der Waals surface area (Å²) < 4.78 is 31.9. The topological polar surface area (TPSA) is 86.0 Å². The van der Waals surface area contributed by atoms with Crippen LogP contribution in [0.1, 0.15) is 5.56 Å². The number of aryl methyl sites for hydroxylation is 3. The summed E-state index contributed by atoms with van der Waals surface area (Å²) in [7, 11) is -0.541. The Morgan fingerprint density at radius 3 is 2.54 bits per heavy atom. The van der Waals surface area contributed by atoms with Gasteiger partial charge in [0.1, 0.15) is 0 Å². The average molecular weight is 388 g/mol. The number of nitrogens with zero attached hydrogens (tertiary/aromatic N) is 3. The number of sulfonamides is 1. The first kappa shape index (κ1) is 16.8. The van der Waals surface area contributed by atoms with E-state index in [0.717, 1.165) is 15.8 Å². The molecule has 2 aromatic carbocycles. The summed E-state index contributed by atoms with van der Waals surface area (Å²) in [6, 6.07) is 10.4. The minimum atomic E-state index is -3.81. The maximum Gasteiger partial charge on any atom is 0.328 e. The Morgan fingerprint density at radius 2 is 1.77 bits per heavy atom. The van der Waals surface area contributed by atoms with Crippen LogP contribution in [0.2, 0.25) is 0 Å². The van der Waals surface area contributed by atoms with Gasteiger partial charge in [0.15, 0.2) is 5.13 Å². The van der Waals surface area contributed by atoms with Crippen LogP contribution >= 0.6 is 11.3 Å². The van der Waals surface area contributed by atoms with Gasteiger partial charge in [0.05, 0.1) is 26.1 Å². The first-order chi connectivity index (χ1) is 12.3. The van der Waals surface area contributed by atoms with Crippen molar-refractivity contribution in [3.63, 3.8) is 0 Å². The van der Waals surface area contributed by atoms with E-state index in [2.05, 4.69) is 9.71 Å². The van der Waals surface area contributed by atoms with Crippen LogP contribution in [0.4, 0.5) is 5.13 Å². The second-order valence-corrected chi connectivity index (χ2v) is 8.86. The summed E-state index contributed by atoms with van der Waals surface area (Å²) in [4.78, 5) is 16.4. The molecule has 26 heavy (non-hydrogen) atoms. The second-order valence-electron chi connectivity index (χ2n) is 6.15. The average Bonchev–Trinajstić information content (AvgIpc) is 3.08.